The van der Waals surface area contributed by atoms with Gasteiger partial charge in [0.2, 0.25) is 0 Å². The van der Waals surface area contributed by atoms with Crippen LogP contribution in [-0.2, 0) is 0 Å². The van der Waals surface area contributed by atoms with Crippen molar-refractivity contribution in [2.24, 2.45) is 0 Å². The molecule has 1 saturated heterocycles. The molecule has 3 rings (SSSR count). The van der Waals surface area contributed by atoms with Crippen molar-refractivity contribution in [3.8, 4) is 0 Å². The Bertz CT molecular complexity index is 408. The highest BCUT2D eigenvalue weighted by Gasteiger charge is 2.25. The fourth-order valence-corrected chi connectivity index (χ4v) is 2.66. The molecule has 2 aliphatic rings. The molecule has 90 valence electrons. The van der Waals surface area contributed by atoms with Gasteiger partial charge in [0.05, 0.1) is 11.7 Å². The highest BCUT2D eigenvalue weighted by Crippen LogP contribution is 2.37. The van der Waals surface area contributed by atoms with Gasteiger partial charge in [0, 0.05) is 31.7 Å². The molecule has 1 atom stereocenters. The van der Waals surface area contributed by atoms with Crippen molar-refractivity contribution in [2.75, 3.05) is 13.1 Å². The van der Waals surface area contributed by atoms with Gasteiger partial charge in [-0.1, -0.05) is 11.1 Å². The number of hydrogen-bond acceptors (Lipinski definition) is 3. The molecule has 0 aromatic carbocycles. The van der Waals surface area contributed by atoms with Crippen molar-refractivity contribution in [1.82, 2.24) is 14.9 Å². The van der Waals surface area contributed by atoms with E-state index >= 15 is 0 Å². The fraction of sp³-hybridized carbons (Fsp3) is 0.571. The molecule has 0 N–H and O–H groups in total. The maximum absolute atomic E-state index is 4.40. The molecule has 3 nitrogen and oxygen atoms in total. The Morgan fingerprint density at radius 1 is 1.06 bits per heavy atom. The summed E-state index contributed by atoms with van der Waals surface area (Å²) in [6.45, 7) is 4.59. The summed E-state index contributed by atoms with van der Waals surface area (Å²) < 4.78 is 0. The lowest BCUT2D eigenvalue weighted by Crippen LogP contribution is -2.33. The minimum absolute atomic E-state index is 0.398. The second kappa shape index (κ2) is 4.57. The van der Waals surface area contributed by atoms with Gasteiger partial charge in [-0.25, -0.2) is 0 Å². The van der Waals surface area contributed by atoms with Gasteiger partial charge in [0.25, 0.3) is 0 Å². The average molecular weight is 229 g/mol. The monoisotopic (exact) mass is 229 g/mol. The summed E-state index contributed by atoms with van der Waals surface area (Å²) in [6.07, 6.45) is 10.7. The van der Waals surface area contributed by atoms with Crippen LogP contribution in [0, 0.1) is 0 Å². The summed E-state index contributed by atoms with van der Waals surface area (Å²) in [5.41, 5.74) is 4.58. The molecule has 1 saturated carbocycles. The van der Waals surface area contributed by atoms with Crippen LogP contribution in [0.3, 0.4) is 0 Å². The number of nitrogens with zero attached hydrogens (tertiary/aromatic N) is 3. The number of piperidine rings is 1. The summed E-state index contributed by atoms with van der Waals surface area (Å²) in [4.78, 5) is 11.1. The molecular weight excluding hydrogens is 210 g/mol. The Kier molecular flexibility index (Phi) is 2.93. The lowest BCUT2D eigenvalue weighted by Gasteiger charge is -2.33. The summed E-state index contributed by atoms with van der Waals surface area (Å²) in [7, 11) is 0. The number of rotatable bonds is 2. The number of aromatic nitrogens is 2. The fourth-order valence-electron chi connectivity index (χ4n) is 2.66. The normalized spacial score (nSPS) is 22.6. The largest absolute Gasteiger partial charge is 0.294 e. The zero-order valence-electron chi connectivity index (χ0n) is 10.4. The minimum Gasteiger partial charge on any atom is -0.294 e. The molecular formula is C14H19N3. The van der Waals surface area contributed by atoms with Crippen molar-refractivity contribution in [3.05, 3.63) is 35.4 Å². The van der Waals surface area contributed by atoms with Gasteiger partial charge >= 0.3 is 0 Å². The third kappa shape index (κ3) is 2.39. The van der Waals surface area contributed by atoms with Gasteiger partial charge < -0.3 is 0 Å². The van der Waals surface area contributed by atoms with Gasteiger partial charge in [-0.2, -0.15) is 0 Å². The Morgan fingerprint density at radius 2 is 1.76 bits per heavy atom. The zero-order chi connectivity index (χ0) is 11.7. The van der Waals surface area contributed by atoms with Gasteiger partial charge in [0.1, 0.15) is 0 Å². The molecule has 1 aliphatic heterocycles. The average Bonchev–Trinajstić information content (AvgIpc) is 3.24. The molecule has 1 unspecified atom stereocenters. The second-order valence-electron chi connectivity index (χ2n) is 5.05. The van der Waals surface area contributed by atoms with Gasteiger partial charge in [-0.3, -0.25) is 14.9 Å². The van der Waals surface area contributed by atoms with E-state index in [-0.39, 0.29) is 0 Å². The van der Waals surface area contributed by atoms with E-state index in [1.165, 1.54) is 38.8 Å². The molecule has 1 aromatic rings. The molecule has 2 fully saturated rings. The van der Waals surface area contributed by atoms with E-state index in [0.717, 1.165) is 5.69 Å². The molecule has 0 radical (unpaired) electrons. The lowest BCUT2D eigenvalue weighted by atomic mass is 10.0. The first-order valence-corrected chi connectivity index (χ1v) is 6.54. The van der Waals surface area contributed by atoms with Crippen molar-refractivity contribution < 1.29 is 0 Å². The molecule has 3 heteroatoms. The molecule has 0 amide bonds. The van der Waals surface area contributed by atoms with Crippen LogP contribution in [0.15, 0.2) is 29.7 Å². The van der Waals surface area contributed by atoms with Crippen molar-refractivity contribution in [3.63, 3.8) is 0 Å². The summed E-state index contributed by atoms with van der Waals surface area (Å²) in [5.74, 6) is 0. The van der Waals surface area contributed by atoms with Gasteiger partial charge in [0.15, 0.2) is 0 Å². The van der Waals surface area contributed by atoms with Crippen LogP contribution in [0.5, 0.6) is 0 Å². The van der Waals surface area contributed by atoms with Crippen LogP contribution < -0.4 is 0 Å². The van der Waals surface area contributed by atoms with E-state index in [4.69, 9.17) is 0 Å². The smallest absolute Gasteiger partial charge is 0.0755 e. The van der Waals surface area contributed by atoms with Crippen molar-refractivity contribution in [1.29, 1.82) is 0 Å². The SMILES string of the molecule is CC(c1cnccn1)N1CCC(=C2CC2)CC1. The molecule has 0 spiro atoms. The Balaban J connectivity index is 1.64. The number of allylic oxidation sites excluding steroid dienone is 1. The first-order chi connectivity index (χ1) is 8.34. The van der Waals surface area contributed by atoms with E-state index in [9.17, 15) is 0 Å². The Morgan fingerprint density at radius 3 is 2.35 bits per heavy atom. The molecule has 1 aliphatic carbocycles. The van der Waals surface area contributed by atoms with Gasteiger partial charge in [-0.05, 0) is 32.6 Å². The van der Waals surface area contributed by atoms with Crippen LogP contribution in [0.1, 0.15) is 44.3 Å². The number of hydrogen-bond donors (Lipinski definition) is 0. The van der Waals surface area contributed by atoms with Crippen molar-refractivity contribution in [2.45, 2.75) is 38.6 Å². The van der Waals surface area contributed by atoms with E-state index in [2.05, 4.69) is 21.8 Å². The quantitative estimate of drug-likeness (QED) is 0.730. The molecule has 17 heavy (non-hydrogen) atoms. The summed E-state index contributed by atoms with van der Waals surface area (Å²) in [6, 6.07) is 0.398. The predicted molar refractivity (Wildman–Crippen MR) is 67.5 cm³/mol. The molecule has 0 bridgehead atoms. The highest BCUT2D eigenvalue weighted by molar-refractivity contribution is 5.26. The highest BCUT2D eigenvalue weighted by atomic mass is 15.2. The second-order valence-corrected chi connectivity index (χ2v) is 5.05. The van der Waals surface area contributed by atoms with Crippen LogP contribution in [0.25, 0.3) is 0 Å². The number of likely N-dealkylation sites (tertiary alicyclic amines) is 1. The van der Waals surface area contributed by atoms with Crippen molar-refractivity contribution >= 4 is 0 Å². The standard InChI is InChI=1S/C14H19N3/c1-11(14-10-15-6-7-16-14)17-8-4-13(5-9-17)12-2-3-12/h6-7,10-11H,2-5,8-9H2,1H3. The predicted octanol–water partition coefficient (Wildman–Crippen LogP) is 2.72. The Hall–Kier alpha value is -1.22. The van der Waals surface area contributed by atoms with Crippen LogP contribution >= 0.6 is 0 Å². The van der Waals surface area contributed by atoms with Crippen LogP contribution in [-0.4, -0.2) is 28.0 Å². The first kappa shape index (κ1) is 10.9. The van der Waals surface area contributed by atoms with E-state index in [0.29, 0.717) is 6.04 Å². The third-order valence-corrected chi connectivity index (χ3v) is 3.96. The topological polar surface area (TPSA) is 29.0 Å². The molecule has 1 aromatic heterocycles. The van der Waals surface area contributed by atoms with E-state index in [1.807, 2.05) is 6.20 Å². The zero-order valence-corrected chi connectivity index (χ0v) is 10.4. The lowest BCUT2D eigenvalue weighted by molar-refractivity contribution is 0.192. The summed E-state index contributed by atoms with van der Waals surface area (Å²) >= 11 is 0. The minimum atomic E-state index is 0.398. The van der Waals surface area contributed by atoms with Crippen LogP contribution in [0.4, 0.5) is 0 Å². The maximum Gasteiger partial charge on any atom is 0.0755 e. The third-order valence-electron chi connectivity index (χ3n) is 3.96. The van der Waals surface area contributed by atoms with E-state index in [1.54, 1.807) is 23.5 Å². The molecule has 2 heterocycles. The van der Waals surface area contributed by atoms with Gasteiger partial charge in [-0.15, -0.1) is 0 Å². The van der Waals surface area contributed by atoms with E-state index < -0.39 is 0 Å². The Labute approximate surface area is 103 Å². The summed E-state index contributed by atoms with van der Waals surface area (Å²) in [5, 5.41) is 0. The van der Waals surface area contributed by atoms with Crippen LogP contribution in [0.2, 0.25) is 0 Å². The maximum atomic E-state index is 4.40. The first-order valence-electron chi connectivity index (χ1n) is 6.54.